The van der Waals surface area contributed by atoms with Gasteiger partial charge in [-0.25, -0.2) is 0 Å². The highest BCUT2D eigenvalue weighted by Crippen LogP contribution is 2.46. The molecule has 1 aliphatic heterocycles. The van der Waals surface area contributed by atoms with Crippen molar-refractivity contribution in [1.29, 1.82) is 0 Å². The summed E-state index contributed by atoms with van der Waals surface area (Å²) >= 11 is 0. The predicted octanol–water partition coefficient (Wildman–Crippen LogP) is 3.82. The Morgan fingerprint density at radius 1 is 0.895 bits per heavy atom. The normalized spacial score (nSPS) is 17.2. The second-order valence-corrected chi connectivity index (χ2v) is 5.57. The van der Waals surface area contributed by atoms with Gasteiger partial charge in [0.1, 0.15) is 0 Å². The molecule has 98 valence electrons. The fourth-order valence-electron chi connectivity index (χ4n) is 3.29. The van der Waals surface area contributed by atoms with Crippen molar-refractivity contribution in [3.8, 4) is 0 Å². The van der Waals surface area contributed by atoms with Gasteiger partial charge >= 0.3 is 0 Å². The summed E-state index contributed by atoms with van der Waals surface area (Å²) in [5.74, 6) is 0.501. The Balaban J connectivity index is 2.06. The Labute approximate surface area is 115 Å². The molecule has 0 atom stereocenters. The third-order valence-electron chi connectivity index (χ3n) is 4.54. The van der Waals surface area contributed by atoms with E-state index in [0.29, 0.717) is 11.3 Å². The summed E-state index contributed by atoms with van der Waals surface area (Å²) < 4.78 is 0. The first-order chi connectivity index (χ1) is 9.36. The van der Waals surface area contributed by atoms with E-state index in [9.17, 15) is 0 Å². The molecule has 0 radical (unpaired) electrons. The minimum atomic E-state index is 0.378. The predicted molar refractivity (Wildman–Crippen MR) is 80.3 cm³/mol. The van der Waals surface area contributed by atoms with Crippen molar-refractivity contribution in [3.63, 3.8) is 0 Å². The molecular weight excluding hydrogens is 230 g/mol. The van der Waals surface area contributed by atoms with Gasteiger partial charge in [0.15, 0.2) is 0 Å². The van der Waals surface area contributed by atoms with Gasteiger partial charge in [-0.1, -0.05) is 67.6 Å². The summed E-state index contributed by atoms with van der Waals surface area (Å²) in [6.45, 7) is 4.57. The first-order valence-electron chi connectivity index (χ1n) is 7.16. The van der Waals surface area contributed by atoms with Crippen LogP contribution in [0.15, 0.2) is 60.7 Å². The highest BCUT2D eigenvalue weighted by molar-refractivity contribution is 5.36. The average Bonchev–Trinajstić information content (AvgIpc) is 2.44. The minimum Gasteiger partial charge on any atom is -0.315 e. The summed E-state index contributed by atoms with van der Waals surface area (Å²) in [4.78, 5) is 0. The third-order valence-corrected chi connectivity index (χ3v) is 4.54. The van der Waals surface area contributed by atoms with Gasteiger partial charge in [-0.2, -0.15) is 0 Å². The van der Waals surface area contributed by atoms with E-state index in [-0.39, 0.29) is 0 Å². The van der Waals surface area contributed by atoms with Crippen LogP contribution in [0.25, 0.3) is 0 Å². The number of benzene rings is 2. The minimum absolute atomic E-state index is 0.378. The molecule has 1 fully saturated rings. The number of rotatable bonds is 4. The quantitative estimate of drug-likeness (QED) is 0.871. The first-order valence-corrected chi connectivity index (χ1v) is 7.16. The molecule has 0 bridgehead atoms. The molecule has 0 saturated carbocycles. The third kappa shape index (κ3) is 2.19. The van der Waals surface area contributed by atoms with Crippen molar-refractivity contribution >= 4 is 0 Å². The van der Waals surface area contributed by atoms with Crippen LogP contribution < -0.4 is 5.32 Å². The number of nitrogens with one attached hydrogen (secondary N) is 1. The Kier molecular flexibility index (Phi) is 3.39. The van der Waals surface area contributed by atoms with Crippen molar-refractivity contribution in [1.82, 2.24) is 5.32 Å². The summed E-state index contributed by atoms with van der Waals surface area (Å²) in [7, 11) is 0. The fraction of sp³-hybridized carbons (Fsp3) is 0.333. The largest absolute Gasteiger partial charge is 0.315 e. The zero-order chi connectivity index (χ0) is 13.1. The molecule has 0 amide bonds. The SMILES string of the molecule is CCC1(C(c2ccccc2)c2ccccc2)CNC1. The van der Waals surface area contributed by atoms with Crippen LogP contribution in [0.1, 0.15) is 30.4 Å². The highest BCUT2D eigenvalue weighted by atomic mass is 15.0. The molecule has 2 aromatic rings. The van der Waals surface area contributed by atoms with Crippen LogP contribution in [0.5, 0.6) is 0 Å². The standard InChI is InChI=1S/C18H21N/c1-2-18(13-19-14-18)17(15-9-5-3-6-10-15)16-11-7-4-8-12-16/h3-12,17,19H,2,13-14H2,1H3. The Morgan fingerprint density at radius 2 is 1.37 bits per heavy atom. The second-order valence-electron chi connectivity index (χ2n) is 5.57. The van der Waals surface area contributed by atoms with Gasteiger partial charge in [0.05, 0.1) is 0 Å². The van der Waals surface area contributed by atoms with Crippen LogP contribution in [-0.2, 0) is 0 Å². The van der Waals surface area contributed by atoms with Crippen LogP contribution in [-0.4, -0.2) is 13.1 Å². The maximum Gasteiger partial charge on any atom is 0.0170 e. The molecule has 0 aliphatic carbocycles. The Bertz CT molecular complexity index is 469. The lowest BCUT2D eigenvalue weighted by Crippen LogP contribution is -2.56. The van der Waals surface area contributed by atoms with E-state index in [0.717, 1.165) is 13.1 Å². The maximum atomic E-state index is 3.47. The summed E-state index contributed by atoms with van der Waals surface area (Å²) in [6, 6.07) is 21.9. The van der Waals surface area contributed by atoms with Crippen LogP contribution in [0, 0.1) is 5.41 Å². The molecule has 1 saturated heterocycles. The zero-order valence-electron chi connectivity index (χ0n) is 11.5. The van der Waals surface area contributed by atoms with Crippen LogP contribution in [0.4, 0.5) is 0 Å². The van der Waals surface area contributed by atoms with E-state index >= 15 is 0 Å². The van der Waals surface area contributed by atoms with E-state index in [1.54, 1.807) is 0 Å². The molecular formula is C18H21N. The molecule has 0 spiro atoms. The Hall–Kier alpha value is -1.60. The molecule has 1 aliphatic rings. The van der Waals surface area contributed by atoms with Gasteiger partial charge in [0.2, 0.25) is 0 Å². The summed E-state index contributed by atoms with van der Waals surface area (Å²) in [6.07, 6.45) is 1.22. The fourth-order valence-corrected chi connectivity index (χ4v) is 3.29. The van der Waals surface area contributed by atoms with E-state index in [2.05, 4.69) is 72.9 Å². The van der Waals surface area contributed by atoms with Gasteiger partial charge in [-0.05, 0) is 17.5 Å². The number of hydrogen-bond donors (Lipinski definition) is 1. The van der Waals surface area contributed by atoms with Crippen molar-refractivity contribution < 1.29 is 0 Å². The molecule has 3 rings (SSSR count). The van der Waals surface area contributed by atoms with Crippen molar-refractivity contribution in [2.24, 2.45) is 5.41 Å². The number of hydrogen-bond acceptors (Lipinski definition) is 1. The van der Waals surface area contributed by atoms with Gasteiger partial charge < -0.3 is 5.32 Å². The first kappa shape index (κ1) is 12.4. The lowest BCUT2D eigenvalue weighted by Gasteiger charge is -2.48. The van der Waals surface area contributed by atoms with Gasteiger partial charge in [0.25, 0.3) is 0 Å². The average molecular weight is 251 g/mol. The van der Waals surface area contributed by atoms with Crippen molar-refractivity contribution in [3.05, 3.63) is 71.8 Å². The zero-order valence-corrected chi connectivity index (χ0v) is 11.5. The maximum absolute atomic E-state index is 3.47. The molecule has 1 nitrogen and oxygen atoms in total. The van der Waals surface area contributed by atoms with Gasteiger partial charge in [0, 0.05) is 24.4 Å². The molecule has 19 heavy (non-hydrogen) atoms. The summed E-state index contributed by atoms with van der Waals surface area (Å²) in [5, 5.41) is 3.47. The van der Waals surface area contributed by atoms with Gasteiger partial charge in [-0.15, -0.1) is 0 Å². The lowest BCUT2D eigenvalue weighted by molar-refractivity contribution is 0.135. The van der Waals surface area contributed by atoms with Crippen LogP contribution in [0.3, 0.4) is 0 Å². The molecule has 0 aromatic heterocycles. The lowest BCUT2D eigenvalue weighted by atomic mass is 9.63. The summed E-state index contributed by atoms with van der Waals surface area (Å²) in [5.41, 5.74) is 3.26. The van der Waals surface area contributed by atoms with E-state index in [1.807, 2.05) is 0 Å². The highest BCUT2D eigenvalue weighted by Gasteiger charge is 2.43. The van der Waals surface area contributed by atoms with Crippen molar-refractivity contribution in [2.75, 3.05) is 13.1 Å². The molecule has 0 unspecified atom stereocenters. The second kappa shape index (κ2) is 5.18. The van der Waals surface area contributed by atoms with E-state index < -0.39 is 0 Å². The topological polar surface area (TPSA) is 12.0 Å². The van der Waals surface area contributed by atoms with Crippen molar-refractivity contribution in [2.45, 2.75) is 19.3 Å². The van der Waals surface area contributed by atoms with Crippen LogP contribution >= 0.6 is 0 Å². The molecule has 1 N–H and O–H groups in total. The molecule has 1 heterocycles. The Morgan fingerprint density at radius 3 is 1.68 bits per heavy atom. The van der Waals surface area contributed by atoms with Gasteiger partial charge in [-0.3, -0.25) is 0 Å². The smallest absolute Gasteiger partial charge is 0.0170 e. The molecule has 1 heteroatoms. The van der Waals surface area contributed by atoms with E-state index in [4.69, 9.17) is 0 Å². The van der Waals surface area contributed by atoms with Crippen LogP contribution in [0.2, 0.25) is 0 Å². The monoisotopic (exact) mass is 251 g/mol. The molecule has 2 aromatic carbocycles. The van der Waals surface area contributed by atoms with E-state index in [1.165, 1.54) is 17.5 Å².